The molecule has 1 nitrogen and oxygen atoms in total. The Hall–Kier alpha value is -0.980. The summed E-state index contributed by atoms with van der Waals surface area (Å²) in [4.78, 5) is 0. The molecule has 76 valence electrons. The molecule has 0 amide bonds. The van der Waals surface area contributed by atoms with Crippen LogP contribution in [-0.2, 0) is 12.8 Å². The zero-order valence-corrected chi connectivity index (χ0v) is 9.05. The zero-order valence-electron chi connectivity index (χ0n) is 9.05. The maximum Gasteiger partial charge on any atom is 0.120 e. The fourth-order valence-electron chi connectivity index (χ4n) is 1.58. The molecule has 0 atom stereocenters. The summed E-state index contributed by atoms with van der Waals surface area (Å²) in [5.74, 6) is 1.07. The van der Waals surface area contributed by atoms with Crippen LogP contribution < -0.4 is 4.74 Å². The van der Waals surface area contributed by atoms with Crippen LogP contribution in [-0.4, -0.2) is 6.10 Å². The Balaban J connectivity index is 2.19. The first-order chi connectivity index (χ1) is 6.81. The van der Waals surface area contributed by atoms with Gasteiger partial charge in [-0.1, -0.05) is 19.9 Å². The lowest BCUT2D eigenvalue weighted by atomic mass is 10.1. The summed E-state index contributed by atoms with van der Waals surface area (Å²) in [6.45, 7) is 4.38. The monoisotopic (exact) mass is 190 g/mol. The molecule has 14 heavy (non-hydrogen) atoms. The third-order valence-electron chi connectivity index (χ3n) is 2.67. The molecule has 0 saturated heterocycles. The Labute approximate surface area is 86.1 Å². The lowest BCUT2D eigenvalue weighted by Gasteiger charge is -2.08. The molecule has 1 fully saturated rings. The molecule has 0 N–H and O–H groups in total. The second-order valence-electron chi connectivity index (χ2n) is 4.01. The van der Waals surface area contributed by atoms with Gasteiger partial charge in [-0.2, -0.15) is 0 Å². The number of hydrogen-bond acceptors (Lipinski definition) is 1. The number of rotatable bonds is 4. The normalized spacial score (nSPS) is 15.6. The van der Waals surface area contributed by atoms with Crippen molar-refractivity contribution in [3.63, 3.8) is 0 Å². The van der Waals surface area contributed by atoms with E-state index in [0.29, 0.717) is 6.10 Å². The van der Waals surface area contributed by atoms with Gasteiger partial charge in [-0.15, -0.1) is 0 Å². The van der Waals surface area contributed by atoms with E-state index < -0.39 is 0 Å². The van der Waals surface area contributed by atoms with Crippen LogP contribution in [0.2, 0.25) is 0 Å². The molecule has 1 aromatic rings. The zero-order chi connectivity index (χ0) is 9.97. The minimum atomic E-state index is 0.506. The summed E-state index contributed by atoms with van der Waals surface area (Å²) < 4.78 is 5.81. The molecule has 1 heteroatoms. The summed E-state index contributed by atoms with van der Waals surface area (Å²) in [7, 11) is 0. The lowest BCUT2D eigenvalue weighted by molar-refractivity contribution is 0.302. The first kappa shape index (κ1) is 9.57. The molecule has 1 aliphatic carbocycles. The van der Waals surface area contributed by atoms with E-state index in [0.717, 1.165) is 18.6 Å². The summed E-state index contributed by atoms with van der Waals surface area (Å²) in [6, 6.07) is 6.63. The molecule has 2 rings (SSSR count). The van der Waals surface area contributed by atoms with Crippen molar-refractivity contribution < 1.29 is 4.74 Å². The van der Waals surface area contributed by atoms with Crippen molar-refractivity contribution in [1.82, 2.24) is 0 Å². The SMILES string of the molecule is CCc1cc(CC)cc(OC2CC2)c1. The minimum Gasteiger partial charge on any atom is -0.490 e. The number of hydrogen-bond donors (Lipinski definition) is 0. The summed E-state index contributed by atoms with van der Waals surface area (Å²) in [5, 5.41) is 0. The van der Waals surface area contributed by atoms with E-state index in [2.05, 4.69) is 32.0 Å². The highest BCUT2D eigenvalue weighted by molar-refractivity contribution is 5.35. The van der Waals surface area contributed by atoms with Crippen LogP contribution in [0.1, 0.15) is 37.8 Å². The van der Waals surface area contributed by atoms with Gasteiger partial charge in [-0.05, 0) is 48.9 Å². The van der Waals surface area contributed by atoms with Gasteiger partial charge in [-0.3, -0.25) is 0 Å². The van der Waals surface area contributed by atoms with Gasteiger partial charge < -0.3 is 4.74 Å². The topological polar surface area (TPSA) is 9.23 Å². The molecule has 1 saturated carbocycles. The Morgan fingerprint density at radius 3 is 2.07 bits per heavy atom. The van der Waals surface area contributed by atoms with Gasteiger partial charge in [0.05, 0.1) is 6.10 Å². The highest BCUT2D eigenvalue weighted by Crippen LogP contribution is 2.28. The minimum absolute atomic E-state index is 0.506. The highest BCUT2D eigenvalue weighted by atomic mass is 16.5. The first-order valence-electron chi connectivity index (χ1n) is 5.61. The molecule has 0 bridgehead atoms. The molecule has 1 aliphatic rings. The third kappa shape index (κ3) is 2.28. The van der Waals surface area contributed by atoms with Gasteiger partial charge >= 0.3 is 0 Å². The van der Waals surface area contributed by atoms with Crippen LogP contribution in [0.3, 0.4) is 0 Å². The molecule has 0 aliphatic heterocycles. The lowest BCUT2D eigenvalue weighted by Crippen LogP contribution is -1.97. The van der Waals surface area contributed by atoms with Crippen LogP contribution in [0, 0.1) is 0 Å². The van der Waals surface area contributed by atoms with Crippen LogP contribution in [0.4, 0.5) is 0 Å². The van der Waals surface area contributed by atoms with Crippen molar-refractivity contribution in [2.45, 2.75) is 45.6 Å². The van der Waals surface area contributed by atoms with Gasteiger partial charge in [0.25, 0.3) is 0 Å². The standard InChI is InChI=1S/C13H18O/c1-3-10-7-11(4-2)9-13(8-10)14-12-5-6-12/h7-9,12H,3-6H2,1-2H3. The Morgan fingerprint density at radius 2 is 1.64 bits per heavy atom. The quantitative estimate of drug-likeness (QED) is 0.707. The molecule has 0 unspecified atom stereocenters. The average Bonchev–Trinajstić information content (AvgIpc) is 3.01. The van der Waals surface area contributed by atoms with Crippen molar-refractivity contribution >= 4 is 0 Å². The largest absolute Gasteiger partial charge is 0.490 e. The third-order valence-corrected chi connectivity index (χ3v) is 2.67. The fraction of sp³-hybridized carbons (Fsp3) is 0.538. The Bertz CT molecular complexity index is 291. The second-order valence-corrected chi connectivity index (χ2v) is 4.01. The number of ether oxygens (including phenoxy) is 1. The first-order valence-corrected chi connectivity index (χ1v) is 5.61. The van der Waals surface area contributed by atoms with Gasteiger partial charge in [0.15, 0.2) is 0 Å². The van der Waals surface area contributed by atoms with E-state index in [4.69, 9.17) is 4.74 Å². The van der Waals surface area contributed by atoms with Gasteiger partial charge in [0.2, 0.25) is 0 Å². The predicted octanol–water partition coefficient (Wildman–Crippen LogP) is 3.35. The van der Waals surface area contributed by atoms with E-state index in [9.17, 15) is 0 Å². The van der Waals surface area contributed by atoms with Crippen molar-refractivity contribution in [3.05, 3.63) is 29.3 Å². The van der Waals surface area contributed by atoms with Crippen LogP contribution in [0.15, 0.2) is 18.2 Å². The molecular weight excluding hydrogens is 172 g/mol. The highest BCUT2D eigenvalue weighted by Gasteiger charge is 2.23. The van der Waals surface area contributed by atoms with Gasteiger partial charge in [0.1, 0.15) is 5.75 Å². The smallest absolute Gasteiger partial charge is 0.120 e. The van der Waals surface area contributed by atoms with E-state index in [-0.39, 0.29) is 0 Å². The molecule has 0 spiro atoms. The average molecular weight is 190 g/mol. The van der Waals surface area contributed by atoms with Gasteiger partial charge in [-0.25, -0.2) is 0 Å². The van der Waals surface area contributed by atoms with Crippen LogP contribution in [0.5, 0.6) is 5.75 Å². The van der Waals surface area contributed by atoms with E-state index in [1.165, 1.54) is 24.0 Å². The van der Waals surface area contributed by atoms with E-state index in [1.54, 1.807) is 0 Å². The maximum absolute atomic E-state index is 5.81. The van der Waals surface area contributed by atoms with Crippen molar-refractivity contribution in [2.75, 3.05) is 0 Å². The summed E-state index contributed by atoms with van der Waals surface area (Å²) >= 11 is 0. The molecular formula is C13H18O. The summed E-state index contributed by atoms with van der Waals surface area (Å²) in [5.41, 5.74) is 2.78. The van der Waals surface area contributed by atoms with Crippen molar-refractivity contribution in [2.24, 2.45) is 0 Å². The van der Waals surface area contributed by atoms with Crippen LogP contribution in [0.25, 0.3) is 0 Å². The van der Waals surface area contributed by atoms with Crippen LogP contribution >= 0.6 is 0 Å². The Kier molecular flexibility index (Phi) is 2.76. The Morgan fingerprint density at radius 1 is 1.07 bits per heavy atom. The van der Waals surface area contributed by atoms with E-state index in [1.807, 2.05) is 0 Å². The van der Waals surface area contributed by atoms with E-state index >= 15 is 0 Å². The summed E-state index contributed by atoms with van der Waals surface area (Å²) in [6.07, 6.45) is 5.16. The number of aryl methyl sites for hydroxylation is 2. The molecule has 1 aromatic carbocycles. The van der Waals surface area contributed by atoms with Crippen molar-refractivity contribution in [3.8, 4) is 5.75 Å². The van der Waals surface area contributed by atoms with Crippen molar-refractivity contribution in [1.29, 1.82) is 0 Å². The molecule has 0 radical (unpaired) electrons. The molecule has 0 aromatic heterocycles. The predicted molar refractivity (Wildman–Crippen MR) is 58.8 cm³/mol. The number of benzene rings is 1. The fourth-order valence-corrected chi connectivity index (χ4v) is 1.58. The second kappa shape index (κ2) is 4.04. The van der Waals surface area contributed by atoms with Gasteiger partial charge in [0, 0.05) is 0 Å². The maximum atomic E-state index is 5.81. The molecule has 0 heterocycles.